The first-order valence-electron chi connectivity index (χ1n) is 20.6. The Kier molecular flexibility index (Phi) is 19.2. The summed E-state index contributed by atoms with van der Waals surface area (Å²) in [4.78, 5) is 49.3. The number of imidazole rings is 1. The number of nitrogens with zero attached hydrogens (tertiary/aromatic N) is 1. The Bertz CT molecular complexity index is 1630. The standard InChI is InChI=1S/C43H65N5O9/c1-6-29(4)38(43(53)44-27-36-45-32-17-11-12-18-33(32)46-36)48-42(52)37(28(2)3)40(50)39(49)34(26-30-14-8-7-9-15-30)47-41(51)31-16-10-13-19-35(31)57-25-24-56-23-22-55-21-20-54-5/h10-13,16-19,28-30,34,37-40,49-50H,6-9,14-15,20-27H2,1-5H3,(H,44,53)(H,45,46)(H,47,51)(H,48,52)/t29?,34-,37+,38-,39+,40+/m0/s1. The van der Waals surface area contributed by atoms with E-state index >= 15 is 0 Å². The first-order chi connectivity index (χ1) is 27.5. The molecular formula is C43H65N5O9. The average molecular weight is 796 g/mol. The first kappa shape index (κ1) is 45.6. The van der Waals surface area contributed by atoms with E-state index in [1.807, 2.05) is 38.1 Å². The summed E-state index contributed by atoms with van der Waals surface area (Å²) in [5.41, 5.74) is 1.92. The molecule has 57 heavy (non-hydrogen) atoms. The number of H-pyrrole nitrogens is 1. The van der Waals surface area contributed by atoms with E-state index in [9.17, 15) is 24.6 Å². The van der Waals surface area contributed by atoms with E-state index in [2.05, 4.69) is 25.9 Å². The molecule has 1 saturated carbocycles. The molecule has 6 N–H and O–H groups in total. The Morgan fingerprint density at radius 3 is 2.19 bits per heavy atom. The minimum Gasteiger partial charge on any atom is -0.490 e. The van der Waals surface area contributed by atoms with Crippen LogP contribution in [0.1, 0.15) is 88.8 Å². The lowest BCUT2D eigenvalue weighted by atomic mass is 9.79. The lowest BCUT2D eigenvalue weighted by Gasteiger charge is -2.36. The summed E-state index contributed by atoms with van der Waals surface area (Å²) in [6, 6.07) is 12.7. The minimum absolute atomic E-state index is 0.140. The van der Waals surface area contributed by atoms with Crippen LogP contribution in [0.5, 0.6) is 5.75 Å². The molecule has 0 radical (unpaired) electrons. The minimum atomic E-state index is -1.54. The first-order valence-corrected chi connectivity index (χ1v) is 20.6. The van der Waals surface area contributed by atoms with Crippen LogP contribution in [0.25, 0.3) is 11.0 Å². The van der Waals surface area contributed by atoms with Gasteiger partial charge in [0, 0.05) is 7.11 Å². The second-order valence-corrected chi connectivity index (χ2v) is 15.4. The molecular weight excluding hydrogens is 730 g/mol. The van der Waals surface area contributed by atoms with Crippen LogP contribution in [0.3, 0.4) is 0 Å². The number of methoxy groups -OCH3 is 1. The van der Waals surface area contributed by atoms with Crippen molar-refractivity contribution in [3.63, 3.8) is 0 Å². The number of aromatic nitrogens is 2. The van der Waals surface area contributed by atoms with Crippen molar-refractivity contribution in [2.45, 2.75) is 103 Å². The number of aliphatic hydroxyl groups excluding tert-OH is 2. The summed E-state index contributed by atoms with van der Waals surface area (Å²) in [7, 11) is 1.61. The third kappa shape index (κ3) is 14.1. The molecule has 6 atom stereocenters. The van der Waals surface area contributed by atoms with Gasteiger partial charge in [0.05, 0.1) is 74.2 Å². The molecule has 1 aliphatic rings. The van der Waals surface area contributed by atoms with Crippen molar-refractivity contribution < 1.29 is 43.5 Å². The van der Waals surface area contributed by atoms with E-state index < -0.39 is 47.9 Å². The van der Waals surface area contributed by atoms with E-state index in [4.69, 9.17) is 18.9 Å². The Morgan fingerprint density at radius 2 is 1.51 bits per heavy atom. The fraction of sp³-hybridized carbons (Fsp3) is 0.628. The molecule has 1 fully saturated rings. The topological polar surface area (TPSA) is 193 Å². The van der Waals surface area contributed by atoms with Crippen LogP contribution in [-0.4, -0.2) is 109 Å². The van der Waals surface area contributed by atoms with Gasteiger partial charge in [-0.15, -0.1) is 0 Å². The molecule has 316 valence electrons. The molecule has 1 aliphatic carbocycles. The molecule has 14 heteroatoms. The van der Waals surface area contributed by atoms with Gasteiger partial charge in [0.1, 0.15) is 30.3 Å². The van der Waals surface area contributed by atoms with Crippen molar-refractivity contribution in [1.29, 1.82) is 0 Å². The largest absolute Gasteiger partial charge is 0.490 e. The lowest BCUT2D eigenvalue weighted by molar-refractivity contribution is -0.140. The van der Waals surface area contributed by atoms with Crippen molar-refractivity contribution in [1.82, 2.24) is 25.9 Å². The van der Waals surface area contributed by atoms with Crippen LogP contribution < -0.4 is 20.7 Å². The van der Waals surface area contributed by atoms with Crippen LogP contribution in [0.15, 0.2) is 48.5 Å². The van der Waals surface area contributed by atoms with E-state index in [-0.39, 0.29) is 43.1 Å². The Balaban J connectivity index is 1.43. The number of hydrogen-bond donors (Lipinski definition) is 6. The smallest absolute Gasteiger partial charge is 0.255 e. The Morgan fingerprint density at radius 1 is 0.842 bits per heavy atom. The van der Waals surface area contributed by atoms with Crippen LogP contribution in [0.2, 0.25) is 0 Å². The normalized spacial score (nSPS) is 16.7. The number of aromatic amines is 1. The maximum atomic E-state index is 14.1. The molecule has 3 aromatic rings. The molecule has 1 aromatic heterocycles. The number of amides is 3. The van der Waals surface area contributed by atoms with Crippen LogP contribution >= 0.6 is 0 Å². The van der Waals surface area contributed by atoms with Gasteiger partial charge < -0.3 is 50.1 Å². The van der Waals surface area contributed by atoms with Crippen molar-refractivity contribution >= 4 is 28.8 Å². The highest BCUT2D eigenvalue weighted by Gasteiger charge is 2.41. The van der Waals surface area contributed by atoms with Crippen molar-refractivity contribution in [2.75, 3.05) is 46.8 Å². The molecule has 4 rings (SSSR count). The number of carbonyl (C=O) groups is 3. The van der Waals surface area contributed by atoms with Crippen LogP contribution in [0.4, 0.5) is 0 Å². The number of hydrogen-bond acceptors (Lipinski definition) is 10. The summed E-state index contributed by atoms with van der Waals surface area (Å²) < 4.78 is 21.9. The highest BCUT2D eigenvalue weighted by Crippen LogP contribution is 2.31. The van der Waals surface area contributed by atoms with E-state index in [1.54, 1.807) is 45.2 Å². The zero-order valence-corrected chi connectivity index (χ0v) is 34.3. The van der Waals surface area contributed by atoms with Gasteiger partial charge in [0.2, 0.25) is 11.8 Å². The molecule has 14 nitrogen and oxygen atoms in total. The maximum Gasteiger partial charge on any atom is 0.255 e. The fourth-order valence-corrected chi connectivity index (χ4v) is 7.39. The van der Waals surface area contributed by atoms with Gasteiger partial charge in [0.25, 0.3) is 5.91 Å². The number of aliphatic hydroxyl groups is 2. The predicted octanol–water partition coefficient (Wildman–Crippen LogP) is 4.53. The van der Waals surface area contributed by atoms with Crippen molar-refractivity contribution in [2.24, 2.45) is 23.7 Å². The SMILES string of the molecule is CCC(C)[C@H](NC(=O)[C@H](C(C)C)[C@@H](O)[C@H](O)[C@H](CC1CCCCC1)NC(=O)c1ccccc1OCCOCCOCCOC)C(=O)NCc1nc2ccccc2[nH]1. The molecule has 2 aromatic carbocycles. The summed E-state index contributed by atoms with van der Waals surface area (Å²) in [5, 5.41) is 32.6. The number of carbonyl (C=O) groups excluding carboxylic acids is 3. The molecule has 0 saturated heterocycles. The number of nitrogens with one attached hydrogen (secondary N) is 4. The van der Waals surface area contributed by atoms with E-state index in [0.717, 1.165) is 43.1 Å². The zero-order chi connectivity index (χ0) is 41.2. The van der Waals surface area contributed by atoms with Crippen molar-refractivity contribution in [3.05, 3.63) is 59.9 Å². The lowest BCUT2D eigenvalue weighted by Crippen LogP contribution is -2.57. The summed E-state index contributed by atoms with van der Waals surface area (Å²) >= 11 is 0. The van der Waals surface area contributed by atoms with E-state index in [0.29, 0.717) is 50.8 Å². The molecule has 0 bridgehead atoms. The Labute approximate surface area is 337 Å². The highest BCUT2D eigenvalue weighted by molar-refractivity contribution is 5.97. The van der Waals surface area contributed by atoms with Gasteiger partial charge >= 0.3 is 0 Å². The van der Waals surface area contributed by atoms with Gasteiger partial charge in [0.15, 0.2) is 0 Å². The van der Waals surface area contributed by atoms with Gasteiger partial charge in [-0.3, -0.25) is 14.4 Å². The second kappa shape index (κ2) is 24.0. The van der Waals surface area contributed by atoms with Crippen molar-refractivity contribution in [3.8, 4) is 5.75 Å². The number of fused-ring (bicyclic) bond motifs is 1. The van der Waals surface area contributed by atoms with Gasteiger partial charge in [-0.2, -0.15) is 0 Å². The number of para-hydroxylation sites is 3. The highest BCUT2D eigenvalue weighted by atomic mass is 16.6. The molecule has 1 heterocycles. The zero-order valence-electron chi connectivity index (χ0n) is 34.3. The second-order valence-electron chi connectivity index (χ2n) is 15.4. The average Bonchev–Trinajstić information content (AvgIpc) is 3.64. The third-order valence-electron chi connectivity index (χ3n) is 10.9. The maximum absolute atomic E-state index is 14.1. The van der Waals surface area contributed by atoms with Crippen LogP contribution in [-0.2, 0) is 30.3 Å². The van der Waals surface area contributed by atoms with Crippen LogP contribution in [0, 0.1) is 23.7 Å². The summed E-state index contributed by atoms with van der Waals surface area (Å²) in [6.45, 7) is 9.86. The van der Waals surface area contributed by atoms with Gasteiger partial charge in [-0.05, 0) is 48.4 Å². The monoisotopic (exact) mass is 795 g/mol. The molecule has 1 unspecified atom stereocenters. The predicted molar refractivity (Wildman–Crippen MR) is 218 cm³/mol. The fourth-order valence-electron chi connectivity index (χ4n) is 7.39. The third-order valence-corrected chi connectivity index (χ3v) is 10.9. The molecule has 0 aliphatic heterocycles. The molecule has 0 spiro atoms. The Hall–Kier alpha value is -4.08. The van der Waals surface area contributed by atoms with Gasteiger partial charge in [-0.25, -0.2) is 4.98 Å². The number of rotatable bonds is 25. The number of benzene rings is 2. The summed E-state index contributed by atoms with van der Waals surface area (Å²) in [5.74, 6) is -1.95. The van der Waals surface area contributed by atoms with Gasteiger partial charge in [-0.1, -0.05) is 90.5 Å². The van der Waals surface area contributed by atoms with E-state index in [1.165, 1.54) is 0 Å². The summed E-state index contributed by atoms with van der Waals surface area (Å²) in [6.07, 6.45) is 3.14. The number of ether oxygens (including phenoxy) is 4. The molecule has 3 amide bonds. The quantitative estimate of drug-likeness (QED) is 0.0664.